The average Bonchev–Trinajstić information content (AvgIpc) is 3.15. The van der Waals surface area contributed by atoms with Gasteiger partial charge in [0.2, 0.25) is 0 Å². The van der Waals surface area contributed by atoms with Crippen molar-refractivity contribution < 1.29 is 14.7 Å². The number of hydrogen-bond donors (Lipinski definition) is 2. The van der Waals surface area contributed by atoms with Crippen molar-refractivity contribution in [3.63, 3.8) is 0 Å². The van der Waals surface area contributed by atoms with Gasteiger partial charge in [0.1, 0.15) is 11.5 Å². The van der Waals surface area contributed by atoms with E-state index in [9.17, 15) is 10.0 Å². The molecule has 2 N–H and O–H groups in total. The first-order valence-electron chi connectivity index (χ1n) is 9.54. The van der Waals surface area contributed by atoms with E-state index in [0.717, 1.165) is 47.8 Å². The second kappa shape index (κ2) is 8.24. The molecule has 1 aliphatic heterocycles. The van der Waals surface area contributed by atoms with Crippen molar-refractivity contribution in [2.75, 3.05) is 23.6 Å². The van der Waals surface area contributed by atoms with E-state index in [1.54, 1.807) is 6.07 Å². The lowest BCUT2D eigenvalue weighted by molar-refractivity contribution is 0.206. The molecular formula is C23H23N3O3. The molecule has 1 aliphatic rings. The first-order chi connectivity index (χ1) is 14.1. The molecule has 0 radical (unpaired) electrons. The summed E-state index contributed by atoms with van der Waals surface area (Å²) in [5.74, 6) is 1.62. The van der Waals surface area contributed by atoms with Crippen LogP contribution in [-0.4, -0.2) is 24.8 Å². The van der Waals surface area contributed by atoms with Crippen LogP contribution in [0.5, 0.6) is 11.5 Å². The minimum absolute atomic E-state index is 0.461. The number of ether oxygens (including phenoxy) is 1. The topological polar surface area (TPSA) is 65.0 Å². The normalized spacial score (nSPS) is 12.4. The zero-order valence-electron chi connectivity index (χ0n) is 16.2. The number of nitrogens with one attached hydrogen (secondary N) is 1. The average molecular weight is 389 g/mol. The van der Waals surface area contributed by atoms with Crippen LogP contribution in [0.3, 0.4) is 0 Å². The molecule has 0 bridgehead atoms. The standard InChI is InChI=1S/C23H23N3O3/c1-24-23(27)26(28)19-10-11-22-18(15-19)12-13-25(22)16-17-6-5-9-21(14-17)29-20-7-3-2-4-8-20/h2-11,14-15,28H,12-13,16H2,1H3,(H,24,27). The van der Waals surface area contributed by atoms with Crippen molar-refractivity contribution in [1.29, 1.82) is 0 Å². The molecule has 0 aromatic heterocycles. The molecule has 0 saturated carbocycles. The number of hydroxylamine groups is 1. The smallest absolute Gasteiger partial charge is 0.345 e. The van der Waals surface area contributed by atoms with Crippen molar-refractivity contribution in [1.82, 2.24) is 5.32 Å². The number of benzene rings is 3. The van der Waals surface area contributed by atoms with Gasteiger partial charge in [0.05, 0.1) is 5.69 Å². The van der Waals surface area contributed by atoms with Crippen molar-refractivity contribution >= 4 is 17.4 Å². The van der Waals surface area contributed by atoms with Gasteiger partial charge >= 0.3 is 6.03 Å². The molecule has 0 unspecified atom stereocenters. The number of fused-ring (bicyclic) bond motifs is 1. The molecule has 3 aromatic carbocycles. The number of anilines is 2. The van der Waals surface area contributed by atoms with E-state index >= 15 is 0 Å². The zero-order chi connectivity index (χ0) is 20.2. The summed E-state index contributed by atoms with van der Waals surface area (Å²) in [5.41, 5.74) is 3.85. The van der Waals surface area contributed by atoms with Gasteiger partial charge in [0.15, 0.2) is 0 Å². The highest BCUT2D eigenvalue weighted by Gasteiger charge is 2.21. The van der Waals surface area contributed by atoms with Crippen LogP contribution in [0.4, 0.5) is 16.2 Å². The minimum Gasteiger partial charge on any atom is -0.457 e. The second-order valence-corrected chi connectivity index (χ2v) is 6.91. The van der Waals surface area contributed by atoms with Crippen molar-refractivity contribution in [2.24, 2.45) is 0 Å². The minimum atomic E-state index is -0.560. The molecule has 0 fully saturated rings. The van der Waals surface area contributed by atoms with Crippen LogP contribution < -0.4 is 20.0 Å². The number of para-hydroxylation sites is 1. The third-order valence-electron chi connectivity index (χ3n) is 4.96. The Morgan fingerprint density at radius 3 is 2.66 bits per heavy atom. The van der Waals surface area contributed by atoms with Crippen molar-refractivity contribution in [2.45, 2.75) is 13.0 Å². The van der Waals surface area contributed by atoms with Gasteiger partial charge in [-0.2, -0.15) is 5.06 Å². The molecule has 0 aliphatic carbocycles. The number of carbonyl (C=O) groups is 1. The van der Waals surface area contributed by atoms with Gasteiger partial charge in [-0.15, -0.1) is 0 Å². The van der Waals surface area contributed by atoms with Crippen LogP contribution >= 0.6 is 0 Å². The fourth-order valence-corrected chi connectivity index (χ4v) is 3.53. The lowest BCUT2D eigenvalue weighted by atomic mass is 10.1. The van der Waals surface area contributed by atoms with Gasteiger partial charge < -0.3 is 15.0 Å². The van der Waals surface area contributed by atoms with Crippen LogP contribution in [0, 0.1) is 0 Å². The predicted molar refractivity (Wildman–Crippen MR) is 113 cm³/mol. The van der Waals surface area contributed by atoms with E-state index in [2.05, 4.69) is 22.3 Å². The van der Waals surface area contributed by atoms with Gasteiger partial charge in [0.25, 0.3) is 0 Å². The molecule has 29 heavy (non-hydrogen) atoms. The molecule has 6 heteroatoms. The molecule has 3 aromatic rings. The zero-order valence-corrected chi connectivity index (χ0v) is 16.2. The number of carbonyl (C=O) groups excluding carboxylic acids is 1. The summed E-state index contributed by atoms with van der Waals surface area (Å²) < 4.78 is 5.94. The Kier molecular flexibility index (Phi) is 5.35. The molecular weight excluding hydrogens is 366 g/mol. The molecule has 4 rings (SSSR count). The van der Waals surface area contributed by atoms with Gasteiger partial charge in [0, 0.05) is 25.8 Å². The number of rotatable bonds is 5. The number of nitrogens with zero attached hydrogens (tertiary/aromatic N) is 2. The molecule has 0 saturated heterocycles. The Balaban J connectivity index is 1.48. The molecule has 0 atom stereocenters. The van der Waals surface area contributed by atoms with Crippen LogP contribution in [-0.2, 0) is 13.0 Å². The SMILES string of the molecule is CNC(=O)N(O)c1ccc2c(c1)CCN2Cc1cccc(Oc2ccccc2)c1. The van der Waals surface area contributed by atoms with E-state index in [0.29, 0.717) is 10.8 Å². The summed E-state index contributed by atoms with van der Waals surface area (Å²) >= 11 is 0. The summed E-state index contributed by atoms with van der Waals surface area (Å²) in [6.07, 6.45) is 0.866. The second-order valence-electron chi connectivity index (χ2n) is 6.91. The van der Waals surface area contributed by atoms with Gasteiger partial charge in [-0.05, 0) is 60.0 Å². The summed E-state index contributed by atoms with van der Waals surface area (Å²) in [6.45, 7) is 1.64. The summed E-state index contributed by atoms with van der Waals surface area (Å²) in [6, 6.07) is 22.8. The lowest BCUT2D eigenvalue weighted by Gasteiger charge is -2.21. The number of amides is 2. The van der Waals surface area contributed by atoms with Crippen molar-refractivity contribution in [3.05, 3.63) is 83.9 Å². The van der Waals surface area contributed by atoms with Crippen LogP contribution in [0.1, 0.15) is 11.1 Å². The van der Waals surface area contributed by atoms with E-state index in [4.69, 9.17) is 4.74 Å². The summed E-state index contributed by atoms with van der Waals surface area (Å²) in [7, 11) is 1.48. The summed E-state index contributed by atoms with van der Waals surface area (Å²) in [4.78, 5) is 13.9. The maximum atomic E-state index is 11.6. The summed E-state index contributed by atoms with van der Waals surface area (Å²) in [5, 5.41) is 13.0. The number of urea groups is 1. The van der Waals surface area contributed by atoms with Gasteiger partial charge in [-0.3, -0.25) is 5.21 Å². The maximum Gasteiger partial charge on any atom is 0.345 e. The Morgan fingerprint density at radius 1 is 1.07 bits per heavy atom. The van der Waals surface area contributed by atoms with Gasteiger partial charge in [-0.25, -0.2) is 4.79 Å². The molecule has 2 amide bonds. The van der Waals surface area contributed by atoms with Crippen molar-refractivity contribution in [3.8, 4) is 11.5 Å². The molecule has 1 heterocycles. The van der Waals surface area contributed by atoms with Crippen LogP contribution in [0.15, 0.2) is 72.8 Å². The fourth-order valence-electron chi connectivity index (χ4n) is 3.53. The Labute approximate surface area is 169 Å². The lowest BCUT2D eigenvalue weighted by Crippen LogP contribution is -2.35. The highest BCUT2D eigenvalue weighted by molar-refractivity contribution is 5.89. The Hall–Kier alpha value is -3.51. The van der Waals surface area contributed by atoms with E-state index in [-0.39, 0.29) is 0 Å². The molecule has 148 valence electrons. The monoisotopic (exact) mass is 389 g/mol. The van der Waals surface area contributed by atoms with E-state index in [1.807, 2.05) is 54.6 Å². The van der Waals surface area contributed by atoms with E-state index in [1.165, 1.54) is 7.05 Å². The third-order valence-corrected chi connectivity index (χ3v) is 4.96. The Bertz CT molecular complexity index is 1010. The highest BCUT2D eigenvalue weighted by Crippen LogP contribution is 2.33. The van der Waals surface area contributed by atoms with Crippen LogP contribution in [0.2, 0.25) is 0 Å². The third kappa shape index (κ3) is 4.17. The highest BCUT2D eigenvalue weighted by atomic mass is 16.5. The quantitative estimate of drug-likeness (QED) is 0.495. The van der Waals surface area contributed by atoms with E-state index < -0.39 is 6.03 Å². The predicted octanol–water partition coefficient (Wildman–Crippen LogP) is 4.58. The first kappa shape index (κ1) is 18.8. The van der Waals surface area contributed by atoms with Gasteiger partial charge in [-0.1, -0.05) is 30.3 Å². The van der Waals surface area contributed by atoms with Crippen LogP contribution in [0.25, 0.3) is 0 Å². The maximum absolute atomic E-state index is 11.6. The fraction of sp³-hybridized carbons (Fsp3) is 0.174. The molecule has 6 nitrogen and oxygen atoms in total. The number of hydrogen-bond acceptors (Lipinski definition) is 4. The Morgan fingerprint density at radius 2 is 1.86 bits per heavy atom. The first-order valence-corrected chi connectivity index (χ1v) is 9.54. The molecule has 0 spiro atoms. The largest absolute Gasteiger partial charge is 0.457 e.